The minimum absolute atomic E-state index is 0.181. The zero-order chi connectivity index (χ0) is 22.7. The molecule has 168 valence electrons. The molecule has 2 heterocycles. The Labute approximate surface area is 188 Å². The minimum atomic E-state index is -3.61. The summed E-state index contributed by atoms with van der Waals surface area (Å²) in [6, 6.07) is 14.4. The van der Waals surface area contributed by atoms with Crippen LogP contribution < -0.4 is 10.2 Å². The Hall–Kier alpha value is -3.17. The number of amides is 1. The first kappa shape index (κ1) is 22.0. The van der Waals surface area contributed by atoms with E-state index in [1.165, 1.54) is 10.5 Å². The first-order chi connectivity index (χ1) is 15.4. The van der Waals surface area contributed by atoms with Gasteiger partial charge in [0.25, 0.3) is 5.91 Å². The fraction of sp³-hybridized carbons (Fsp3) is 0.304. The maximum atomic E-state index is 13.1. The normalized spacial score (nSPS) is 14.8. The molecular weight excluding hydrogens is 426 g/mol. The lowest BCUT2D eigenvalue weighted by atomic mass is 10.2. The fourth-order valence-corrected chi connectivity index (χ4v) is 5.32. The molecule has 1 aromatic heterocycles. The van der Waals surface area contributed by atoms with Crippen molar-refractivity contribution >= 4 is 27.3 Å². The summed E-state index contributed by atoms with van der Waals surface area (Å²) in [5.74, 6) is -0.359. The van der Waals surface area contributed by atoms with Gasteiger partial charge in [0.1, 0.15) is 0 Å². The van der Waals surface area contributed by atoms with Crippen LogP contribution in [0.5, 0.6) is 0 Å². The van der Waals surface area contributed by atoms with Gasteiger partial charge in [-0.15, -0.1) is 0 Å². The summed E-state index contributed by atoms with van der Waals surface area (Å²) in [4.78, 5) is 15.0. The van der Waals surface area contributed by atoms with Gasteiger partial charge in [0.2, 0.25) is 10.0 Å². The molecule has 1 N–H and O–H groups in total. The number of sulfonamides is 1. The molecule has 0 aliphatic carbocycles. The van der Waals surface area contributed by atoms with Crippen LogP contribution in [0.2, 0.25) is 0 Å². The first-order valence-corrected chi connectivity index (χ1v) is 12.0. The molecule has 1 aliphatic rings. The van der Waals surface area contributed by atoms with Gasteiger partial charge >= 0.3 is 0 Å². The van der Waals surface area contributed by atoms with Gasteiger partial charge in [-0.05, 0) is 43.2 Å². The van der Waals surface area contributed by atoms with Crippen molar-refractivity contribution in [2.24, 2.45) is 0 Å². The van der Waals surface area contributed by atoms with Crippen LogP contribution in [0.1, 0.15) is 29.6 Å². The third kappa shape index (κ3) is 4.53. The summed E-state index contributed by atoms with van der Waals surface area (Å²) < 4.78 is 29.4. The van der Waals surface area contributed by atoms with E-state index in [0.29, 0.717) is 30.0 Å². The molecule has 0 unspecified atom stereocenters. The summed E-state index contributed by atoms with van der Waals surface area (Å²) in [6.07, 6.45) is 5.91. The number of nitrogens with one attached hydrogen (secondary N) is 1. The average molecular weight is 454 g/mol. The highest BCUT2D eigenvalue weighted by molar-refractivity contribution is 7.89. The maximum Gasteiger partial charge on any atom is 0.258 e. The zero-order valence-electron chi connectivity index (χ0n) is 18.2. The molecule has 1 aliphatic heterocycles. The van der Waals surface area contributed by atoms with E-state index in [1.54, 1.807) is 29.1 Å². The van der Waals surface area contributed by atoms with Crippen LogP contribution in [0.3, 0.4) is 0 Å². The number of aromatic nitrogens is 2. The van der Waals surface area contributed by atoms with Crippen molar-refractivity contribution in [3.8, 4) is 5.69 Å². The van der Waals surface area contributed by atoms with E-state index in [2.05, 4.69) is 10.4 Å². The van der Waals surface area contributed by atoms with Crippen molar-refractivity contribution in [3.63, 3.8) is 0 Å². The molecule has 9 heteroatoms. The zero-order valence-corrected chi connectivity index (χ0v) is 19.0. The summed E-state index contributed by atoms with van der Waals surface area (Å²) in [6.45, 7) is 1.05. The number of carbonyl (C=O) groups excluding carboxylic acids is 1. The van der Waals surface area contributed by atoms with Crippen molar-refractivity contribution in [1.29, 1.82) is 0 Å². The van der Waals surface area contributed by atoms with Gasteiger partial charge in [0.05, 0.1) is 33.7 Å². The SMILES string of the molecule is CN(C)c1ccc(S(=O)(=O)N2CCCCC2)cc1NC(=O)c1cnn(-c2ccccc2)c1. The van der Waals surface area contributed by atoms with Crippen molar-refractivity contribution < 1.29 is 13.2 Å². The maximum absolute atomic E-state index is 13.1. The highest BCUT2D eigenvalue weighted by atomic mass is 32.2. The summed E-state index contributed by atoms with van der Waals surface area (Å²) >= 11 is 0. The second kappa shape index (κ2) is 9.13. The van der Waals surface area contributed by atoms with Crippen LogP contribution in [0.25, 0.3) is 5.69 Å². The largest absolute Gasteiger partial charge is 0.376 e. The van der Waals surface area contributed by atoms with E-state index in [9.17, 15) is 13.2 Å². The van der Waals surface area contributed by atoms with Crippen LogP contribution >= 0.6 is 0 Å². The Kier molecular flexibility index (Phi) is 6.29. The van der Waals surface area contributed by atoms with E-state index in [4.69, 9.17) is 0 Å². The fourth-order valence-electron chi connectivity index (χ4n) is 3.78. The molecule has 0 saturated carbocycles. The van der Waals surface area contributed by atoms with Gasteiger partial charge < -0.3 is 10.2 Å². The van der Waals surface area contributed by atoms with E-state index in [-0.39, 0.29) is 10.8 Å². The molecule has 2 aromatic carbocycles. The summed E-state index contributed by atoms with van der Waals surface area (Å²) in [5.41, 5.74) is 2.37. The number of anilines is 2. The van der Waals surface area contributed by atoms with Crippen LogP contribution in [0.4, 0.5) is 11.4 Å². The third-order valence-electron chi connectivity index (χ3n) is 5.52. The molecule has 1 saturated heterocycles. The van der Waals surface area contributed by atoms with E-state index in [0.717, 1.165) is 24.9 Å². The van der Waals surface area contributed by atoms with Crippen LogP contribution in [-0.2, 0) is 10.0 Å². The molecule has 3 aromatic rings. The lowest BCUT2D eigenvalue weighted by Gasteiger charge is -2.26. The van der Waals surface area contributed by atoms with E-state index >= 15 is 0 Å². The highest BCUT2D eigenvalue weighted by Crippen LogP contribution is 2.30. The lowest BCUT2D eigenvalue weighted by Crippen LogP contribution is -2.35. The molecule has 0 spiro atoms. The highest BCUT2D eigenvalue weighted by Gasteiger charge is 2.27. The number of hydrogen-bond acceptors (Lipinski definition) is 5. The molecule has 0 radical (unpaired) electrons. The van der Waals surface area contributed by atoms with Gasteiger partial charge in [0.15, 0.2) is 0 Å². The monoisotopic (exact) mass is 453 g/mol. The number of carbonyl (C=O) groups is 1. The van der Waals surface area contributed by atoms with Gasteiger partial charge in [0, 0.05) is 33.4 Å². The van der Waals surface area contributed by atoms with Gasteiger partial charge in [-0.3, -0.25) is 4.79 Å². The number of para-hydroxylation sites is 1. The summed E-state index contributed by atoms with van der Waals surface area (Å²) in [5, 5.41) is 7.14. The van der Waals surface area contributed by atoms with Crippen molar-refractivity contribution in [3.05, 3.63) is 66.5 Å². The second-order valence-corrected chi connectivity index (χ2v) is 9.94. The first-order valence-electron chi connectivity index (χ1n) is 10.6. The second-order valence-electron chi connectivity index (χ2n) is 8.00. The predicted octanol–water partition coefficient (Wildman–Crippen LogP) is 3.37. The van der Waals surface area contributed by atoms with Crippen molar-refractivity contribution in [2.45, 2.75) is 24.2 Å². The Morgan fingerprint density at radius 3 is 2.44 bits per heavy atom. The molecule has 32 heavy (non-hydrogen) atoms. The molecular formula is C23H27N5O3S. The lowest BCUT2D eigenvalue weighted by molar-refractivity contribution is 0.102. The van der Waals surface area contributed by atoms with E-state index < -0.39 is 10.0 Å². The quantitative estimate of drug-likeness (QED) is 0.618. The van der Waals surface area contributed by atoms with Crippen LogP contribution in [0, 0.1) is 0 Å². The number of nitrogens with zero attached hydrogens (tertiary/aromatic N) is 4. The Morgan fingerprint density at radius 2 is 1.75 bits per heavy atom. The number of benzene rings is 2. The number of piperidine rings is 1. The molecule has 0 bridgehead atoms. The Morgan fingerprint density at radius 1 is 1.03 bits per heavy atom. The van der Waals surface area contributed by atoms with E-state index in [1.807, 2.05) is 49.3 Å². The standard InChI is InChI=1S/C23H27N5O3S/c1-26(2)22-12-11-20(32(30,31)27-13-7-4-8-14-27)15-21(22)25-23(29)18-16-24-28(17-18)19-9-5-3-6-10-19/h3,5-6,9-12,15-17H,4,7-8,13-14H2,1-2H3,(H,25,29). The van der Waals surface area contributed by atoms with Crippen molar-refractivity contribution in [1.82, 2.24) is 14.1 Å². The van der Waals surface area contributed by atoms with Gasteiger partial charge in [-0.1, -0.05) is 24.6 Å². The molecule has 1 fully saturated rings. The molecule has 8 nitrogen and oxygen atoms in total. The Balaban J connectivity index is 1.61. The minimum Gasteiger partial charge on any atom is -0.376 e. The van der Waals surface area contributed by atoms with Crippen LogP contribution in [0.15, 0.2) is 65.8 Å². The van der Waals surface area contributed by atoms with Gasteiger partial charge in [-0.25, -0.2) is 13.1 Å². The number of rotatable bonds is 6. The molecule has 1 amide bonds. The predicted molar refractivity (Wildman–Crippen MR) is 125 cm³/mol. The Bertz CT molecular complexity index is 1200. The number of hydrogen-bond donors (Lipinski definition) is 1. The smallest absolute Gasteiger partial charge is 0.258 e. The average Bonchev–Trinajstić information content (AvgIpc) is 3.31. The van der Waals surface area contributed by atoms with Crippen molar-refractivity contribution in [2.75, 3.05) is 37.4 Å². The van der Waals surface area contributed by atoms with Gasteiger partial charge in [-0.2, -0.15) is 9.40 Å². The summed E-state index contributed by atoms with van der Waals surface area (Å²) in [7, 11) is 0.0767. The topological polar surface area (TPSA) is 87.5 Å². The third-order valence-corrected chi connectivity index (χ3v) is 7.41. The molecule has 0 atom stereocenters. The van der Waals surface area contributed by atoms with Crippen LogP contribution in [-0.4, -0.2) is 55.6 Å². The molecule has 4 rings (SSSR count).